The van der Waals surface area contributed by atoms with Crippen LogP contribution in [0.15, 0.2) is 6.07 Å². The summed E-state index contributed by atoms with van der Waals surface area (Å²) in [6.45, 7) is 7.86. The Labute approximate surface area is 109 Å². The van der Waals surface area contributed by atoms with Crippen molar-refractivity contribution < 1.29 is 4.74 Å². The van der Waals surface area contributed by atoms with E-state index in [1.807, 2.05) is 13.0 Å². The maximum atomic E-state index is 5.83. The van der Waals surface area contributed by atoms with E-state index in [-0.39, 0.29) is 0 Å². The van der Waals surface area contributed by atoms with Crippen molar-refractivity contribution in [3.8, 4) is 0 Å². The SMILES string of the molecule is CCc1nc(N)cc(N(CCOC)C(C)CC)n1. The van der Waals surface area contributed by atoms with E-state index in [4.69, 9.17) is 10.5 Å². The van der Waals surface area contributed by atoms with Gasteiger partial charge in [0, 0.05) is 32.2 Å². The van der Waals surface area contributed by atoms with Crippen LogP contribution >= 0.6 is 0 Å². The van der Waals surface area contributed by atoms with E-state index in [2.05, 4.69) is 28.7 Å². The molecule has 0 fully saturated rings. The third-order valence-electron chi connectivity index (χ3n) is 3.05. The summed E-state index contributed by atoms with van der Waals surface area (Å²) < 4.78 is 5.16. The van der Waals surface area contributed by atoms with Crippen LogP contribution < -0.4 is 10.6 Å². The molecular weight excluding hydrogens is 228 g/mol. The van der Waals surface area contributed by atoms with Crippen molar-refractivity contribution in [1.82, 2.24) is 9.97 Å². The monoisotopic (exact) mass is 252 g/mol. The number of aryl methyl sites for hydroxylation is 1. The summed E-state index contributed by atoms with van der Waals surface area (Å²) in [5.74, 6) is 2.21. The summed E-state index contributed by atoms with van der Waals surface area (Å²) in [5, 5.41) is 0. The van der Waals surface area contributed by atoms with Gasteiger partial charge in [0.15, 0.2) is 0 Å². The van der Waals surface area contributed by atoms with Gasteiger partial charge in [-0.2, -0.15) is 0 Å². The molecule has 0 aromatic carbocycles. The van der Waals surface area contributed by atoms with Crippen molar-refractivity contribution in [2.24, 2.45) is 0 Å². The Hall–Kier alpha value is -1.36. The molecule has 0 aliphatic heterocycles. The summed E-state index contributed by atoms with van der Waals surface area (Å²) in [6, 6.07) is 2.24. The highest BCUT2D eigenvalue weighted by atomic mass is 16.5. The molecule has 1 rings (SSSR count). The highest BCUT2D eigenvalue weighted by Gasteiger charge is 2.15. The summed E-state index contributed by atoms with van der Waals surface area (Å²) >= 11 is 0. The summed E-state index contributed by atoms with van der Waals surface area (Å²) in [5.41, 5.74) is 5.83. The van der Waals surface area contributed by atoms with Crippen LogP contribution in [0.5, 0.6) is 0 Å². The molecule has 0 amide bonds. The number of nitrogens with zero attached hydrogens (tertiary/aromatic N) is 3. The second kappa shape index (κ2) is 7.16. The first-order valence-electron chi connectivity index (χ1n) is 6.51. The predicted molar refractivity (Wildman–Crippen MR) is 74.8 cm³/mol. The van der Waals surface area contributed by atoms with Crippen LogP contribution in [0.2, 0.25) is 0 Å². The quantitative estimate of drug-likeness (QED) is 0.802. The van der Waals surface area contributed by atoms with E-state index >= 15 is 0 Å². The molecule has 0 spiro atoms. The van der Waals surface area contributed by atoms with Gasteiger partial charge < -0.3 is 15.4 Å². The number of hydrogen-bond acceptors (Lipinski definition) is 5. The molecule has 0 saturated carbocycles. The molecule has 1 heterocycles. The van der Waals surface area contributed by atoms with Crippen molar-refractivity contribution in [3.05, 3.63) is 11.9 Å². The standard InChI is InChI=1S/C13H24N4O/c1-5-10(3)17(7-8-18-4)13-9-11(14)15-12(6-2)16-13/h9-10H,5-8H2,1-4H3,(H2,14,15,16). The molecule has 1 atom stereocenters. The zero-order valence-electron chi connectivity index (χ0n) is 11.8. The third-order valence-corrected chi connectivity index (χ3v) is 3.05. The minimum Gasteiger partial charge on any atom is -0.384 e. The Morgan fingerprint density at radius 2 is 2.11 bits per heavy atom. The molecule has 0 radical (unpaired) electrons. The molecule has 1 unspecified atom stereocenters. The summed E-state index contributed by atoms with van der Waals surface area (Å²) in [4.78, 5) is 11.0. The highest BCUT2D eigenvalue weighted by molar-refractivity contribution is 5.47. The number of aromatic nitrogens is 2. The lowest BCUT2D eigenvalue weighted by molar-refractivity contribution is 0.203. The maximum absolute atomic E-state index is 5.83. The van der Waals surface area contributed by atoms with Gasteiger partial charge in [0.05, 0.1) is 6.61 Å². The van der Waals surface area contributed by atoms with Crippen LogP contribution in [0.3, 0.4) is 0 Å². The molecule has 18 heavy (non-hydrogen) atoms. The highest BCUT2D eigenvalue weighted by Crippen LogP contribution is 2.18. The van der Waals surface area contributed by atoms with E-state index < -0.39 is 0 Å². The van der Waals surface area contributed by atoms with Gasteiger partial charge in [-0.15, -0.1) is 0 Å². The number of nitrogens with two attached hydrogens (primary N) is 1. The largest absolute Gasteiger partial charge is 0.384 e. The molecule has 5 nitrogen and oxygen atoms in total. The van der Waals surface area contributed by atoms with Crippen LogP contribution in [-0.4, -0.2) is 36.3 Å². The smallest absolute Gasteiger partial charge is 0.134 e. The van der Waals surface area contributed by atoms with Crippen molar-refractivity contribution in [2.75, 3.05) is 30.9 Å². The molecular formula is C13H24N4O. The molecule has 0 aliphatic rings. The topological polar surface area (TPSA) is 64.3 Å². The van der Waals surface area contributed by atoms with E-state index in [1.54, 1.807) is 7.11 Å². The van der Waals surface area contributed by atoms with Gasteiger partial charge in [0.2, 0.25) is 0 Å². The van der Waals surface area contributed by atoms with Gasteiger partial charge in [0.25, 0.3) is 0 Å². The second-order valence-electron chi connectivity index (χ2n) is 4.36. The average Bonchev–Trinajstić information content (AvgIpc) is 2.38. The fourth-order valence-electron chi connectivity index (χ4n) is 1.78. The van der Waals surface area contributed by atoms with Crippen LogP contribution in [0, 0.1) is 0 Å². The molecule has 5 heteroatoms. The number of ether oxygens (including phenoxy) is 1. The zero-order valence-corrected chi connectivity index (χ0v) is 11.8. The van der Waals surface area contributed by atoms with E-state index in [0.717, 1.165) is 31.0 Å². The van der Waals surface area contributed by atoms with Crippen LogP contribution in [-0.2, 0) is 11.2 Å². The fraction of sp³-hybridized carbons (Fsp3) is 0.692. The predicted octanol–water partition coefficient (Wildman–Crippen LogP) is 1.87. The average molecular weight is 252 g/mol. The second-order valence-corrected chi connectivity index (χ2v) is 4.36. The van der Waals surface area contributed by atoms with E-state index in [1.165, 1.54) is 0 Å². The van der Waals surface area contributed by atoms with Crippen molar-refractivity contribution in [3.63, 3.8) is 0 Å². The molecule has 102 valence electrons. The van der Waals surface area contributed by atoms with Gasteiger partial charge in [0.1, 0.15) is 17.5 Å². The third kappa shape index (κ3) is 3.84. The zero-order chi connectivity index (χ0) is 13.5. The van der Waals surface area contributed by atoms with Crippen molar-refractivity contribution in [2.45, 2.75) is 39.7 Å². The first kappa shape index (κ1) is 14.7. The van der Waals surface area contributed by atoms with Gasteiger partial charge >= 0.3 is 0 Å². The van der Waals surface area contributed by atoms with E-state index in [9.17, 15) is 0 Å². The van der Waals surface area contributed by atoms with Gasteiger partial charge in [-0.3, -0.25) is 0 Å². The normalized spacial score (nSPS) is 12.4. The van der Waals surface area contributed by atoms with Gasteiger partial charge in [-0.25, -0.2) is 9.97 Å². The Morgan fingerprint density at radius 3 is 2.67 bits per heavy atom. The number of nitrogen functional groups attached to an aromatic ring is 1. The van der Waals surface area contributed by atoms with Gasteiger partial charge in [-0.05, 0) is 13.3 Å². The first-order chi connectivity index (χ1) is 8.62. The number of methoxy groups -OCH3 is 1. The summed E-state index contributed by atoms with van der Waals surface area (Å²) in [6.07, 6.45) is 1.84. The van der Waals surface area contributed by atoms with Crippen LogP contribution in [0.1, 0.15) is 33.0 Å². The molecule has 1 aromatic rings. The minimum atomic E-state index is 0.402. The lowest BCUT2D eigenvalue weighted by atomic mass is 10.2. The fourth-order valence-corrected chi connectivity index (χ4v) is 1.78. The lowest BCUT2D eigenvalue weighted by Crippen LogP contribution is -2.36. The van der Waals surface area contributed by atoms with Crippen molar-refractivity contribution >= 4 is 11.6 Å². The Balaban J connectivity index is 2.99. The summed E-state index contributed by atoms with van der Waals surface area (Å²) in [7, 11) is 1.71. The van der Waals surface area contributed by atoms with Crippen molar-refractivity contribution in [1.29, 1.82) is 0 Å². The molecule has 0 aliphatic carbocycles. The van der Waals surface area contributed by atoms with Crippen LogP contribution in [0.4, 0.5) is 11.6 Å². The van der Waals surface area contributed by atoms with Crippen LogP contribution in [0.25, 0.3) is 0 Å². The number of hydrogen-bond donors (Lipinski definition) is 1. The van der Waals surface area contributed by atoms with Gasteiger partial charge in [-0.1, -0.05) is 13.8 Å². The molecule has 2 N–H and O–H groups in total. The first-order valence-corrected chi connectivity index (χ1v) is 6.51. The molecule has 0 bridgehead atoms. The molecule has 0 saturated heterocycles. The number of anilines is 2. The minimum absolute atomic E-state index is 0.402. The Morgan fingerprint density at radius 1 is 1.39 bits per heavy atom. The molecule has 1 aromatic heterocycles. The number of rotatable bonds is 7. The lowest BCUT2D eigenvalue weighted by Gasteiger charge is -2.29. The Kier molecular flexibility index (Phi) is 5.85. The maximum Gasteiger partial charge on any atom is 0.134 e. The Bertz CT molecular complexity index is 370. The van der Waals surface area contributed by atoms with E-state index in [0.29, 0.717) is 18.5 Å².